The highest BCUT2D eigenvalue weighted by Gasteiger charge is 1.91. The van der Waals surface area contributed by atoms with Gasteiger partial charge in [-0.1, -0.05) is 32.0 Å². The molecule has 0 amide bonds. The molecule has 0 saturated heterocycles. The van der Waals surface area contributed by atoms with Gasteiger partial charge in [0, 0.05) is 6.20 Å². The lowest BCUT2D eigenvalue weighted by Gasteiger charge is -2.08. The Morgan fingerprint density at radius 3 is 2.56 bits per heavy atom. The summed E-state index contributed by atoms with van der Waals surface area (Å²) in [6.45, 7) is 4.00. The molecule has 16 heavy (non-hydrogen) atoms. The van der Waals surface area contributed by atoms with Crippen LogP contribution >= 0.6 is 0 Å². The molecular formula is C15H14N-. The molecule has 0 N–H and O–H groups in total. The Labute approximate surface area is 95.8 Å². The van der Waals surface area contributed by atoms with Crippen molar-refractivity contribution in [1.29, 1.82) is 0 Å². The van der Waals surface area contributed by atoms with Crippen molar-refractivity contribution in [2.75, 3.05) is 0 Å². The van der Waals surface area contributed by atoms with Crippen molar-refractivity contribution < 1.29 is 0 Å². The van der Waals surface area contributed by atoms with Crippen LogP contribution in [0.1, 0.15) is 13.8 Å². The van der Waals surface area contributed by atoms with Crippen molar-refractivity contribution >= 4 is 21.7 Å². The third-order valence-corrected chi connectivity index (χ3v) is 2.41. The van der Waals surface area contributed by atoms with Gasteiger partial charge in [-0.05, 0) is 17.0 Å². The Kier molecular flexibility index (Phi) is 3.16. The molecule has 1 heteroatoms. The van der Waals surface area contributed by atoms with Crippen molar-refractivity contribution in [2.24, 2.45) is 0 Å². The summed E-state index contributed by atoms with van der Waals surface area (Å²) in [7, 11) is 0. The van der Waals surface area contributed by atoms with Crippen molar-refractivity contribution in [1.82, 2.24) is 4.98 Å². The maximum absolute atomic E-state index is 4.38. The van der Waals surface area contributed by atoms with Crippen LogP contribution in [-0.2, 0) is 0 Å². The summed E-state index contributed by atoms with van der Waals surface area (Å²) in [6, 6.07) is 17.5. The first-order valence-corrected chi connectivity index (χ1v) is 5.59. The fourth-order valence-electron chi connectivity index (χ4n) is 1.73. The highest BCUT2D eigenvalue weighted by Crippen LogP contribution is 2.22. The fraction of sp³-hybridized carbons (Fsp3) is 0.133. The van der Waals surface area contributed by atoms with Crippen LogP contribution in [0.3, 0.4) is 0 Å². The second-order valence-corrected chi connectivity index (χ2v) is 3.28. The van der Waals surface area contributed by atoms with Gasteiger partial charge in [-0.2, -0.15) is 0 Å². The second-order valence-electron chi connectivity index (χ2n) is 3.28. The topological polar surface area (TPSA) is 12.9 Å². The third kappa shape index (κ3) is 1.76. The molecule has 0 atom stereocenters. The van der Waals surface area contributed by atoms with Gasteiger partial charge in [-0.25, -0.2) is 0 Å². The van der Waals surface area contributed by atoms with E-state index in [-0.39, 0.29) is 0 Å². The van der Waals surface area contributed by atoms with E-state index in [0.717, 1.165) is 10.9 Å². The quantitative estimate of drug-likeness (QED) is 0.398. The molecule has 0 bridgehead atoms. The van der Waals surface area contributed by atoms with Crippen molar-refractivity contribution in [3.63, 3.8) is 0 Å². The van der Waals surface area contributed by atoms with E-state index in [2.05, 4.69) is 35.3 Å². The third-order valence-electron chi connectivity index (χ3n) is 2.41. The first-order chi connectivity index (χ1) is 7.95. The molecule has 2 aromatic carbocycles. The molecule has 0 spiro atoms. The number of hydrogen-bond acceptors (Lipinski definition) is 1. The largest absolute Gasteiger partial charge is 0.304 e. The molecule has 0 aliphatic heterocycles. The van der Waals surface area contributed by atoms with Crippen LogP contribution in [0.2, 0.25) is 0 Å². The van der Waals surface area contributed by atoms with E-state index in [0.29, 0.717) is 0 Å². The van der Waals surface area contributed by atoms with Crippen LogP contribution in [0, 0.1) is 6.07 Å². The van der Waals surface area contributed by atoms with Gasteiger partial charge in [0.15, 0.2) is 0 Å². The molecule has 80 valence electrons. The van der Waals surface area contributed by atoms with Crippen molar-refractivity contribution in [2.45, 2.75) is 13.8 Å². The van der Waals surface area contributed by atoms with Crippen LogP contribution in [0.25, 0.3) is 21.7 Å². The molecule has 1 aromatic heterocycles. The molecule has 0 aliphatic rings. The zero-order chi connectivity index (χ0) is 11.4. The predicted octanol–water partition coefficient (Wildman–Crippen LogP) is 4.21. The van der Waals surface area contributed by atoms with Gasteiger partial charge in [-0.15, -0.1) is 35.0 Å². The number of rotatable bonds is 0. The van der Waals surface area contributed by atoms with E-state index < -0.39 is 0 Å². The number of benzene rings is 2. The normalized spacial score (nSPS) is 9.88. The number of aromatic nitrogens is 1. The van der Waals surface area contributed by atoms with E-state index in [1.54, 1.807) is 0 Å². The van der Waals surface area contributed by atoms with Gasteiger partial charge in [0.05, 0.1) is 0 Å². The molecule has 0 unspecified atom stereocenters. The molecule has 1 heterocycles. The fourth-order valence-corrected chi connectivity index (χ4v) is 1.73. The minimum absolute atomic E-state index is 1.03. The summed E-state index contributed by atoms with van der Waals surface area (Å²) in [6.07, 6.45) is 1.82. The Morgan fingerprint density at radius 2 is 1.69 bits per heavy atom. The Morgan fingerprint density at radius 1 is 0.938 bits per heavy atom. The van der Waals surface area contributed by atoms with Gasteiger partial charge < -0.3 is 4.98 Å². The van der Waals surface area contributed by atoms with Gasteiger partial charge in [-0.3, -0.25) is 0 Å². The van der Waals surface area contributed by atoms with E-state index in [4.69, 9.17) is 0 Å². The smallest absolute Gasteiger partial charge is 0.0161 e. The molecule has 0 saturated carbocycles. The summed E-state index contributed by atoms with van der Waals surface area (Å²) in [5, 5.41) is 3.46. The standard InChI is InChI=1S/C13H8N.C2H6/c1-2-6-12-10(4-1)7-8-11-5-3-9-14-13(11)12;1-2/h1-5,7-9H;1-2H3/q-1;. The first kappa shape index (κ1) is 10.6. The van der Waals surface area contributed by atoms with E-state index in [9.17, 15) is 0 Å². The van der Waals surface area contributed by atoms with Crippen LogP contribution in [-0.4, -0.2) is 4.98 Å². The molecule has 0 radical (unpaired) electrons. The Balaban J connectivity index is 0.000000457. The van der Waals surface area contributed by atoms with E-state index >= 15 is 0 Å². The van der Waals surface area contributed by atoms with Crippen LogP contribution in [0.15, 0.2) is 48.7 Å². The van der Waals surface area contributed by atoms with Gasteiger partial charge in [0.2, 0.25) is 0 Å². The SMILES string of the molecule is CC.[c-]1cccc2ccc3cccnc3c12. The highest BCUT2D eigenvalue weighted by molar-refractivity contribution is 6.04. The number of pyridine rings is 1. The Bertz CT molecular complexity index is 544. The monoisotopic (exact) mass is 208 g/mol. The van der Waals surface area contributed by atoms with Crippen molar-refractivity contribution in [3.05, 3.63) is 54.7 Å². The molecule has 1 nitrogen and oxygen atoms in total. The maximum Gasteiger partial charge on any atom is 0.0161 e. The average molecular weight is 208 g/mol. The lowest BCUT2D eigenvalue weighted by Crippen LogP contribution is -1.80. The molecular weight excluding hydrogens is 194 g/mol. The summed E-state index contributed by atoms with van der Waals surface area (Å²) < 4.78 is 0. The molecule has 0 fully saturated rings. The van der Waals surface area contributed by atoms with Gasteiger partial charge >= 0.3 is 0 Å². The second kappa shape index (κ2) is 4.75. The zero-order valence-corrected chi connectivity index (χ0v) is 9.57. The minimum atomic E-state index is 1.03. The van der Waals surface area contributed by atoms with E-state index in [1.165, 1.54) is 10.8 Å². The lowest BCUT2D eigenvalue weighted by molar-refractivity contribution is 1.43. The van der Waals surface area contributed by atoms with E-state index in [1.807, 2.05) is 38.2 Å². The summed E-state index contributed by atoms with van der Waals surface area (Å²) in [5.41, 5.74) is 1.03. The highest BCUT2D eigenvalue weighted by atomic mass is 14.6. The number of fused-ring (bicyclic) bond motifs is 3. The van der Waals surface area contributed by atoms with Crippen molar-refractivity contribution in [3.8, 4) is 0 Å². The molecule has 3 rings (SSSR count). The average Bonchev–Trinajstić information content (AvgIpc) is 2.41. The zero-order valence-electron chi connectivity index (χ0n) is 9.57. The summed E-state index contributed by atoms with van der Waals surface area (Å²) >= 11 is 0. The first-order valence-electron chi connectivity index (χ1n) is 5.59. The van der Waals surface area contributed by atoms with Crippen LogP contribution in [0.5, 0.6) is 0 Å². The maximum atomic E-state index is 4.38. The summed E-state index contributed by atoms with van der Waals surface area (Å²) in [5.74, 6) is 0. The lowest BCUT2D eigenvalue weighted by atomic mass is 10.1. The Hall–Kier alpha value is -1.89. The number of nitrogens with zero attached hydrogens (tertiary/aromatic N) is 1. The number of hydrogen-bond donors (Lipinski definition) is 0. The molecule has 0 aliphatic carbocycles. The molecule has 3 aromatic rings. The van der Waals surface area contributed by atoms with Gasteiger partial charge in [0.1, 0.15) is 0 Å². The summed E-state index contributed by atoms with van der Waals surface area (Å²) in [4.78, 5) is 4.38. The van der Waals surface area contributed by atoms with Gasteiger partial charge in [0.25, 0.3) is 0 Å². The predicted molar refractivity (Wildman–Crippen MR) is 69.4 cm³/mol. The van der Waals surface area contributed by atoms with Crippen LogP contribution < -0.4 is 0 Å². The van der Waals surface area contributed by atoms with Crippen LogP contribution in [0.4, 0.5) is 0 Å². The minimum Gasteiger partial charge on any atom is -0.304 e.